The average molecular weight is 657 g/mol. The van der Waals surface area contributed by atoms with Crippen molar-refractivity contribution in [3.05, 3.63) is 134 Å². The second kappa shape index (κ2) is 13.4. The number of hydrogen-bond donors (Lipinski definition) is 2. The van der Waals surface area contributed by atoms with Crippen molar-refractivity contribution in [2.45, 2.75) is 0 Å². The van der Waals surface area contributed by atoms with Crippen molar-refractivity contribution in [2.75, 3.05) is 6.79 Å². The number of rotatable bonds is 9. The van der Waals surface area contributed by atoms with E-state index in [1.807, 2.05) is 0 Å². The highest BCUT2D eigenvalue weighted by Crippen LogP contribution is 2.34. The van der Waals surface area contributed by atoms with Crippen LogP contribution in [0.2, 0.25) is 0 Å². The third kappa shape index (κ3) is 7.14. The number of ether oxygens (including phenoxy) is 3. The van der Waals surface area contributed by atoms with Gasteiger partial charge in [-0.25, -0.2) is 10.2 Å². The number of nitro benzene ring substituents is 1. The van der Waals surface area contributed by atoms with Gasteiger partial charge >= 0.3 is 5.97 Å². The van der Waals surface area contributed by atoms with E-state index in [-0.39, 0.29) is 39.5 Å². The van der Waals surface area contributed by atoms with Crippen LogP contribution in [0.5, 0.6) is 17.2 Å². The van der Waals surface area contributed by atoms with Crippen LogP contribution in [0.1, 0.15) is 31.8 Å². The molecule has 1 heterocycles. The minimum absolute atomic E-state index is 0.0188. The van der Waals surface area contributed by atoms with Gasteiger partial charge in [0.15, 0.2) is 17.2 Å². The van der Waals surface area contributed by atoms with Gasteiger partial charge in [0.1, 0.15) is 5.70 Å². The smallest absolute Gasteiger partial charge is 0.343 e. The number of nitrogens with zero attached hydrogens (tertiary/aromatic N) is 2. The van der Waals surface area contributed by atoms with E-state index in [0.717, 1.165) is 12.3 Å². The number of benzene rings is 4. The highest BCUT2D eigenvalue weighted by atomic mass is 79.9. The Morgan fingerprint density at radius 3 is 2.30 bits per heavy atom. The summed E-state index contributed by atoms with van der Waals surface area (Å²) in [5, 5.41) is 18.0. The van der Waals surface area contributed by atoms with Crippen LogP contribution in [0.15, 0.2) is 106 Å². The quantitative estimate of drug-likeness (QED) is 0.0619. The molecule has 220 valence electrons. The number of hydrazone groups is 1. The normalized spacial score (nSPS) is 12.1. The Hall–Kier alpha value is -5.82. The number of esters is 1. The molecule has 1 aliphatic rings. The molecule has 4 aromatic carbocycles. The maximum atomic E-state index is 13.3. The van der Waals surface area contributed by atoms with Crippen molar-refractivity contribution >= 4 is 51.7 Å². The molecule has 44 heavy (non-hydrogen) atoms. The Labute approximate surface area is 258 Å². The largest absolute Gasteiger partial charge is 0.454 e. The van der Waals surface area contributed by atoms with Crippen LogP contribution < -0.4 is 25.0 Å². The highest BCUT2D eigenvalue weighted by Gasteiger charge is 2.20. The molecular weight excluding hydrogens is 636 g/mol. The number of carbonyl (C=O) groups is 3. The maximum Gasteiger partial charge on any atom is 0.343 e. The van der Waals surface area contributed by atoms with Crippen LogP contribution in [0, 0.1) is 10.1 Å². The lowest BCUT2D eigenvalue weighted by atomic mass is 10.1. The Morgan fingerprint density at radius 1 is 0.909 bits per heavy atom. The van der Waals surface area contributed by atoms with Crippen molar-refractivity contribution in [3.8, 4) is 17.2 Å². The van der Waals surface area contributed by atoms with Gasteiger partial charge < -0.3 is 19.5 Å². The van der Waals surface area contributed by atoms with Gasteiger partial charge in [0.2, 0.25) is 6.79 Å². The minimum atomic E-state index is -0.810. The van der Waals surface area contributed by atoms with Gasteiger partial charge in [0, 0.05) is 23.3 Å². The van der Waals surface area contributed by atoms with Crippen LogP contribution in [-0.4, -0.2) is 35.7 Å². The third-order valence-corrected chi connectivity index (χ3v) is 6.67. The van der Waals surface area contributed by atoms with E-state index in [4.69, 9.17) is 14.2 Å². The topological polar surface area (TPSA) is 158 Å². The molecule has 1 aliphatic heterocycles. The monoisotopic (exact) mass is 656 g/mol. The number of amides is 2. The van der Waals surface area contributed by atoms with E-state index < -0.39 is 22.7 Å². The number of nitrogens with one attached hydrogen (secondary N) is 2. The van der Waals surface area contributed by atoms with Crippen molar-refractivity contribution in [1.29, 1.82) is 0 Å². The first-order valence-corrected chi connectivity index (χ1v) is 13.6. The van der Waals surface area contributed by atoms with Gasteiger partial charge in [-0.1, -0.05) is 42.5 Å². The van der Waals surface area contributed by atoms with Gasteiger partial charge in [-0.3, -0.25) is 19.7 Å². The van der Waals surface area contributed by atoms with E-state index >= 15 is 0 Å². The molecule has 12 nitrogen and oxygen atoms in total. The van der Waals surface area contributed by atoms with Gasteiger partial charge in [-0.2, -0.15) is 5.10 Å². The van der Waals surface area contributed by atoms with Crippen molar-refractivity contribution in [1.82, 2.24) is 10.7 Å². The maximum absolute atomic E-state index is 13.3. The summed E-state index contributed by atoms with van der Waals surface area (Å²) < 4.78 is 16.4. The predicted molar refractivity (Wildman–Crippen MR) is 162 cm³/mol. The summed E-state index contributed by atoms with van der Waals surface area (Å²) in [5.41, 5.74) is 2.93. The average Bonchev–Trinajstić information content (AvgIpc) is 3.50. The first-order valence-electron chi connectivity index (χ1n) is 12.8. The third-order valence-electron chi connectivity index (χ3n) is 6.08. The summed E-state index contributed by atoms with van der Waals surface area (Å²) in [7, 11) is 0. The van der Waals surface area contributed by atoms with E-state index in [9.17, 15) is 24.5 Å². The van der Waals surface area contributed by atoms with Crippen LogP contribution in [0.3, 0.4) is 0 Å². The number of carbonyl (C=O) groups excluding carboxylic acids is 3. The van der Waals surface area contributed by atoms with E-state index in [0.29, 0.717) is 22.6 Å². The molecule has 5 rings (SSSR count). The molecule has 4 aromatic rings. The number of hydrogen-bond acceptors (Lipinski definition) is 9. The Bertz CT molecular complexity index is 1810. The van der Waals surface area contributed by atoms with Crippen LogP contribution in [0.4, 0.5) is 5.69 Å². The number of fused-ring (bicyclic) bond motifs is 1. The molecule has 2 amide bonds. The van der Waals surface area contributed by atoms with Crippen LogP contribution in [-0.2, 0) is 4.79 Å². The molecule has 0 aromatic heterocycles. The molecule has 0 aliphatic carbocycles. The first-order chi connectivity index (χ1) is 21.3. The molecule has 0 saturated carbocycles. The minimum Gasteiger partial charge on any atom is -0.454 e. The summed E-state index contributed by atoms with van der Waals surface area (Å²) >= 11 is 3.21. The summed E-state index contributed by atoms with van der Waals surface area (Å²) in [5.74, 6) is -1.12. The SMILES string of the molecule is O=C(NN=Cc1cc([N+](=O)[O-])cc(Br)c1OC(=O)c1ccccc1)C(=Cc1ccc2c(c1)OCO2)NC(=O)c1ccccc1. The Morgan fingerprint density at radius 2 is 1.59 bits per heavy atom. The van der Waals surface area contributed by atoms with Crippen molar-refractivity contribution < 1.29 is 33.5 Å². The van der Waals surface area contributed by atoms with Crippen LogP contribution >= 0.6 is 15.9 Å². The molecule has 0 atom stereocenters. The summed E-state index contributed by atoms with van der Waals surface area (Å²) in [6.45, 7) is 0.0612. The zero-order valence-corrected chi connectivity index (χ0v) is 24.1. The van der Waals surface area contributed by atoms with Gasteiger partial charge in [-0.15, -0.1) is 0 Å². The number of nitro groups is 1. The molecular formula is C31H21BrN4O8. The lowest BCUT2D eigenvalue weighted by molar-refractivity contribution is -0.385. The summed E-state index contributed by atoms with van der Waals surface area (Å²) in [6, 6.07) is 23.7. The molecule has 13 heteroatoms. The number of halogens is 1. The molecule has 2 N–H and O–H groups in total. The van der Waals surface area contributed by atoms with Gasteiger partial charge in [-0.05, 0) is 64.0 Å². The number of non-ortho nitro benzene ring substituents is 1. The lowest BCUT2D eigenvalue weighted by Gasteiger charge is -2.11. The fourth-order valence-corrected chi connectivity index (χ4v) is 4.51. The zero-order valence-electron chi connectivity index (χ0n) is 22.6. The molecule has 0 fully saturated rings. The van der Waals surface area contributed by atoms with Crippen LogP contribution in [0.25, 0.3) is 6.08 Å². The molecule has 0 radical (unpaired) electrons. The summed E-state index contributed by atoms with van der Waals surface area (Å²) in [4.78, 5) is 49.7. The fourth-order valence-electron chi connectivity index (χ4n) is 3.97. The fraction of sp³-hybridized carbons (Fsp3) is 0.0323. The van der Waals surface area contributed by atoms with Gasteiger partial charge in [0.25, 0.3) is 17.5 Å². The van der Waals surface area contributed by atoms with E-state index in [1.54, 1.807) is 78.9 Å². The lowest BCUT2D eigenvalue weighted by Crippen LogP contribution is -2.32. The zero-order chi connectivity index (χ0) is 31.1. The first kappa shape index (κ1) is 29.7. The standard InChI is InChI=1S/C31H21BrN4O8/c32-24-16-23(36(40)41)15-22(28(24)44-31(39)21-9-5-2-6-10-21)17-33-35-30(38)25(34-29(37)20-7-3-1-4-8-20)13-19-11-12-26-27(14-19)43-18-42-26/h1-17H,18H2,(H,34,37)(H,35,38). The molecule has 0 unspecified atom stereocenters. The second-order valence-corrected chi connectivity index (χ2v) is 9.90. The highest BCUT2D eigenvalue weighted by molar-refractivity contribution is 9.10. The summed E-state index contributed by atoms with van der Waals surface area (Å²) in [6.07, 6.45) is 2.51. The molecule has 0 bridgehead atoms. The predicted octanol–water partition coefficient (Wildman–Crippen LogP) is 5.23. The van der Waals surface area contributed by atoms with Crippen molar-refractivity contribution in [2.24, 2.45) is 5.10 Å². The Balaban J connectivity index is 1.42. The van der Waals surface area contributed by atoms with E-state index in [1.165, 1.54) is 12.1 Å². The molecule has 0 spiro atoms. The van der Waals surface area contributed by atoms with E-state index in [2.05, 4.69) is 31.8 Å². The van der Waals surface area contributed by atoms with Gasteiger partial charge in [0.05, 0.1) is 21.2 Å². The Kier molecular flexibility index (Phi) is 9.06. The second-order valence-electron chi connectivity index (χ2n) is 9.05. The van der Waals surface area contributed by atoms with Crippen molar-refractivity contribution in [3.63, 3.8) is 0 Å². The molecule has 0 saturated heterocycles.